The van der Waals surface area contributed by atoms with Crippen LogP contribution in [0.25, 0.3) is 17.2 Å². The van der Waals surface area contributed by atoms with Gasteiger partial charge in [-0.1, -0.05) is 24.2 Å². The van der Waals surface area contributed by atoms with Crippen LogP contribution >= 0.6 is 11.6 Å². The molecule has 0 spiro atoms. The Labute approximate surface area is 102 Å². The number of hydrogen-bond acceptors (Lipinski definition) is 1. The molecule has 0 N–H and O–H groups in total. The summed E-state index contributed by atoms with van der Waals surface area (Å²) in [4.78, 5) is 3.97. The van der Waals surface area contributed by atoms with E-state index in [-0.39, 0.29) is 5.56 Å². The van der Waals surface area contributed by atoms with Crippen molar-refractivity contribution in [3.05, 3.63) is 59.4 Å². The molecule has 0 radical (unpaired) electrons. The van der Waals surface area contributed by atoms with Gasteiger partial charge in [0.1, 0.15) is 11.6 Å². The Morgan fingerprint density at radius 1 is 1.24 bits per heavy atom. The lowest BCUT2D eigenvalue weighted by atomic mass is 10.0. The quantitative estimate of drug-likeness (QED) is 0.774. The summed E-state index contributed by atoms with van der Waals surface area (Å²) < 4.78 is 27.3. The molecule has 2 aromatic rings. The lowest BCUT2D eigenvalue weighted by molar-refractivity contribution is 0.589. The number of nitrogens with zero attached hydrogens (tertiary/aromatic N) is 1. The summed E-state index contributed by atoms with van der Waals surface area (Å²) in [5, 5.41) is 0.313. The maximum Gasteiger partial charge on any atom is 0.134 e. The number of halogens is 3. The highest BCUT2D eigenvalue weighted by Crippen LogP contribution is 2.30. The first-order valence-electron chi connectivity index (χ1n) is 4.86. The first-order chi connectivity index (χ1) is 8.13. The molecule has 0 unspecified atom stereocenters. The molecule has 0 saturated heterocycles. The van der Waals surface area contributed by atoms with Crippen molar-refractivity contribution in [3.8, 4) is 11.1 Å². The van der Waals surface area contributed by atoms with Crippen LogP contribution in [-0.4, -0.2) is 4.98 Å². The van der Waals surface area contributed by atoms with Crippen LogP contribution in [0.4, 0.5) is 8.78 Å². The number of aromatic nitrogens is 1. The maximum absolute atomic E-state index is 13.6. The van der Waals surface area contributed by atoms with Gasteiger partial charge in [-0.15, -0.1) is 0 Å². The Hall–Kier alpha value is -1.74. The van der Waals surface area contributed by atoms with Gasteiger partial charge in [0, 0.05) is 11.8 Å². The molecule has 1 aromatic heterocycles. The summed E-state index contributed by atoms with van der Waals surface area (Å²) in [6, 6.07) is 5.14. The standard InChI is InChI=1S/C13H8ClF2N/c1-2-12-9(6-8(14)7-17-12)13-10(15)4-3-5-11(13)16/h2-7H,1H2. The van der Waals surface area contributed by atoms with Gasteiger partial charge in [-0.3, -0.25) is 4.98 Å². The average molecular weight is 252 g/mol. The van der Waals surface area contributed by atoms with Crippen LogP contribution < -0.4 is 0 Å². The predicted octanol–water partition coefficient (Wildman–Crippen LogP) is 4.32. The van der Waals surface area contributed by atoms with E-state index in [1.54, 1.807) is 0 Å². The molecule has 1 heterocycles. The van der Waals surface area contributed by atoms with Crippen molar-refractivity contribution >= 4 is 17.7 Å². The van der Waals surface area contributed by atoms with Crippen LogP contribution in [0.3, 0.4) is 0 Å². The van der Waals surface area contributed by atoms with Gasteiger partial charge in [-0.05, 0) is 24.3 Å². The molecule has 0 amide bonds. The molecular formula is C13H8ClF2N. The van der Waals surface area contributed by atoms with E-state index in [0.29, 0.717) is 16.3 Å². The number of hydrogen-bond donors (Lipinski definition) is 0. The van der Waals surface area contributed by atoms with E-state index < -0.39 is 11.6 Å². The van der Waals surface area contributed by atoms with Gasteiger partial charge in [0.2, 0.25) is 0 Å². The predicted molar refractivity (Wildman–Crippen MR) is 64.7 cm³/mol. The summed E-state index contributed by atoms with van der Waals surface area (Å²) in [5.41, 5.74) is 0.541. The first-order valence-corrected chi connectivity index (χ1v) is 5.23. The van der Waals surface area contributed by atoms with Crippen molar-refractivity contribution < 1.29 is 8.78 Å². The number of rotatable bonds is 2. The molecule has 2 rings (SSSR count). The van der Waals surface area contributed by atoms with E-state index in [4.69, 9.17) is 11.6 Å². The van der Waals surface area contributed by atoms with Crippen molar-refractivity contribution in [1.29, 1.82) is 0 Å². The highest BCUT2D eigenvalue weighted by molar-refractivity contribution is 6.30. The summed E-state index contributed by atoms with van der Waals surface area (Å²) in [6.45, 7) is 3.56. The summed E-state index contributed by atoms with van der Waals surface area (Å²) >= 11 is 5.79. The Kier molecular flexibility index (Phi) is 3.20. The molecule has 0 fully saturated rings. The number of pyridine rings is 1. The molecule has 1 aromatic carbocycles. The molecule has 0 aliphatic rings. The maximum atomic E-state index is 13.6. The van der Waals surface area contributed by atoms with Gasteiger partial charge in [0.05, 0.1) is 16.3 Å². The second-order valence-electron chi connectivity index (χ2n) is 3.39. The fourth-order valence-corrected chi connectivity index (χ4v) is 1.73. The summed E-state index contributed by atoms with van der Waals surface area (Å²) in [5.74, 6) is -1.31. The average Bonchev–Trinajstić information content (AvgIpc) is 2.29. The Balaban J connectivity index is 2.75. The zero-order valence-electron chi connectivity index (χ0n) is 8.75. The third-order valence-corrected chi connectivity index (χ3v) is 2.52. The van der Waals surface area contributed by atoms with Crippen molar-refractivity contribution in [2.24, 2.45) is 0 Å². The molecule has 0 atom stereocenters. The Bertz CT molecular complexity index is 561. The molecular weight excluding hydrogens is 244 g/mol. The molecule has 0 aliphatic carbocycles. The smallest absolute Gasteiger partial charge is 0.134 e. The van der Waals surface area contributed by atoms with Gasteiger partial charge >= 0.3 is 0 Å². The van der Waals surface area contributed by atoms with E-state index in [2.05, 4.69) is 11.6 Å². The summed E-state index contributed by atoms with van der Waals surface area (Å²) in [6.07, 6.45) is 2.83. The largest absolute Gasteiger partial charge is 0.255 e. The van der Waals surface area contributed by atoms with Crippen LogP contribution in [0.1, 0.15) is 5.69 Å². The van der Waals surface area contributed by atoms with E-state index in [9.17, 15) is 8.78 Å². The van der Waals surface area contributed by atoms with Gasteiger partial charge in [-0.25, -0.2) is 8.78 Å². The minimum atomic E-state index is -0.655. The molecule has 1 nitrogen and oxygen atoms in total. The fraction of sp³-hybridized carbons (Fsp3) is 0. The van der Waals surface area contributed by atoms with Crippen molar-refractivity contribution in [2.75, 3.05) is 0 Å². The second kappa shape index (κ2) is 4.63. The third-order valence-electron chi connectivity index (χ3n) is 2.31. The van der Waals surface area contributed by atoms with Crippen LogP contribution in [-0.2, 0) is 0 Å². The zero-order valence-corrected chi connectivity index (χ0v) is 9.51. The third kappa shape index (κ3) is 2.19. The topological polar surface area (TPSA) is 12.9 Å². The van der Waals surface area contributed by atoms with E-state index in [0.717, 1.165) is 0 Å². The second-order valence-corrected chi connectivity index (χ2v) is 3.82. The van der Waals surface area contributed by atoms with Crippen LogP contribution in [0.15, 0.2) is 37.0 Å². The van der Waals surface area contributed by atoms with E-state index in [1.165, 1.54) is 36.5 Å². The summed E-state index contributed by atoms with van der Waals surface area (Å²) in [7, 11) is 0. The molecule has 17 heavy (non-hydrogen) atoms. The molecule has 86 valence electrons. The van der Waals surface area contributed by atoms with Gasteiger partial charge in [0.25, 0.3) is 0 Å². The lowest BCUT2D eigenvalue weighted by Crippen LogP contribution is -1.94. The van der Waals surface area contributed by atoms with Crippen molar-refractivity contribution in [3.63, 3.8) is 0 Å². The normalized spacial score (nSPS) is 10.3. The van der Waals surface area contributed by atoms with Crippen LogP contribution in [0.2, 0.25) is 5.02 Å². The molecule has 0 bridgehead atoms. The number of benzene rings is 1. The van der Waals surface area contributed by atoms with E-state index in [1.807, 2.05) is 0 Å². The SMILES string of the molecule is C=Cc1ncc(Cl)cc1-c1c(F)cccc1F. The monoisotopic (exact) mass is 251 g/mol. The Morgan fingerprint density at radius 3 is 2.47 bits per heavy atom. The highest BCUT2D eigenvalue weighted by atomic mass is 35.5. The zero-order chi connectivity index (χ0) is 12.4. The fourth-order valence-electron chi connectivity index (χ4n) is 1.57. The minimum Gasteiger partial charge on any atom is -0.255 e. The molecule has 4 heteroatoms. The van der Waals surface area contributed by atoms with Crippen LogP contribution in [0.5, 0.6) is 0 Å². The van der Waals surface area contributed by atoms with Gasteiger partial charge in [-0.2, -0.15) is 0 Å². The molecule has 0 aliphatic heterocycles. The van der Waals surface area contributed by atoms with E-state index >= 15 is 0 Å². The Morgan fingerprint density at radius 2 is 1.88 bits per heavy atom. The van der Waals surface area contributed by atoms with Crippen molar-refractivity contribution in [2.45, 2.75) is 0 Å². The first kappa shape index (κ1) is 11.7. The van der Waals surface area contributed by atoms with Gasteiger partial charge in [0.15, 0.2) is 0 Å². The van der Waals surface area contributed by atoms with Crippen molar-refractivity contribution in [1.82, 2.24) is 4.98 Å². The molecule has 0 saturated carbocycles. The highest BCUT2D eigenvalue weighted by Gasteiger charge is 2.14. The van der Waals surface area contributed by atoms with Gasteiger partial charge < -0.3 is 0 Å². The van der Waals surface area contributed by atoms with Crippen LogP contribution in [0, 0.1) is 11.6 Å². The lowest BCUT2D eigenvalue weighted by Gasteiger charge is -2.08. The minimum absolute atomic E-state index is 0.141.